The third kappa shape index (κ3) is 1.82. The van der Waals surface area contributed by atoms with E-state index in [0.717, 1.165) is 0 Å². The standard InChI is InChI=1S/C11H13N/c1-4-12-8-11-9(2)6-5-7-10(11)3/h4-8H,1H2,2-3H3. The Morgan fingerprint density at radius 3 is 2.33 bits per heavy atom. The molecule has 1 rings (SSSR count). The number of rotatable bonds is 2. The van der Waals surface area contributed by atoms with Gasteiger partial charge in [0, 0.05) is 12.4 Å². The first-order valence-corrected chi connectivity index (χ1v) is 3.96. The molecule has 0 amide bonds. The second-order valence-electron chi connectivity index (χ2n) is 2.77. The third-order valence-electron chi connectivity index (χ3n) is 1.85. The minimum absolute atomic E-state index is 1.19. The molecule has 12 heavy (non-hydrogen) atoms. The topological polar surface area (TPSA) is 12.4 Å². The van der Waals surface area contributed by atoms with Crippen LogP contribution in [0, 0.1) is 13.8 Å². The molecule has 1 nitrogen and oxygen atoms in total. The van der Waals surface area contributed by atoms with Crippen LogP contribution in [-0.4, -0.2) is 6.21 Å². The molecular weight excluding hydrogens is 146 g/mol. The van der Waals surface area contributed by atoms with Gasteiger partial charge in [-0.25, -0.2) is 0 Å². The van der Waals surface area contributed by atoms with Gasteiger partial charge in [-0.05, 0) is 30.5 Å². The van der Waals surface area contributed by atoms with Gasteiger partial charge < -0.3 is 0 Å². The molecule has 0 aliphatic heterocycles. The second kappa shape index (κ2) is 3.86. The number of hydrogen-bond donors (Lipinski definition) is 0. The molecular formula is C11H13N. The van der Waals surface area contributed by atoms with Gasteiger partial charge in [0.25, 0.3) is 0 Å². The van der Waals surface area contributed by atoms with Crippen LogP contribution in [0.15, 0.2) is 36.0 Å². The molecule has 0 saturated carbocycles. The maximum absolute atomic E-state index is 4.00. The summed E-state index contributed by atoms with van der Waals surface area (Å²) in [5.41, 5.74) is 3.69. The lowest BCUT2D eigenvalue weighted by Gasteiger charge is -2.02. The molecule has 0 bridgehead atoms. The monoisotopic (exact) mass is 159 g/mol. The summed E-state index contributed by atoms with van der Waals surface area (Å²) >= 11 is 0. The number of nitrogens with zero attached hydrogens (tertiary/aromatic N) is 1. The van der Waals surface area contributed by atoms with Crippen molar-refractivity contribution in [3.8, 4) is 0 Å². The summed E-state index contributed by atoms with van der Waals surface area (Å²) in [6.07, 6.45) is 3.39. The smallest absolute Gasteiger partial charge is 0.0345 e. The molecule has 0 spiro atoms. The first-order valence-electron chi connectivity index (χ1n) is 3.96. The zero-order chi connectivity index (χ0) is 8.97. The zero-order valence-corrected chi connectivity index (χ0v) is 7.54. The van der Waals surface area contributed by atoms with Gasteiger partial charge in [-0.2, -0.15) is 0 Å². The van der Waals surface area contributed by atoms with E-state index < -0.39 is 0 Å². The number of aryl methyl sites for hydroxylation is 2. The lowest BCUT2D eigenvalue weighted by atomic mass is 10.0. The van der Waals surface area contributed by atoms with E-state index >= 15 is 0 Å². The van der Waals surface area contributed by atoms with E-state index in [4.69, 9.17) is 0 Å². The first-order chi connectivity index (χ1) is 5.75. The van der Waals surface area contributed by atoms with E-state index in [1.165, 1.54) is 16.7 Å². The molecule has 0 fully saturated rings. The fraction of sp³-hybridized carbons (Fsp3) is 0.182. The van der Waals surface area contributed by atoms with Crippen LogP contribution < -0.4 is 0 Å². The van der Waals surface area contributed by atoms with Crippen molar-refractivity contribution in [3.05, 3.63) is 47.7 Å². The van der Waals surface area contributed by atoms with E-state index in [9.17, 15) is 0 Å². The Bertz CT molecular complexity index is 291. The normalized spacial score (nSPS) is 10.5. The lowest BCUT2D eigenvalue weighted by Crippen LogP contribution is -1.90. The maximum atomic E-state index is 4.00. The lowest BCUT2D eigenvalue weighted by molar-refractivity contribution is 1.36. The Balaban J connectivity index is 3.12. The third-order valence-corrected chi connectivity index (χ3v) is 1.85. The highest BCUT2D eigenvalue weighted by atomic mass is 14.7. The molecule has 0 heterocycles. The highest BCUT2D eigenvalue weighted by molar-refractivity contribution is 5.83. The van der Waals surface area contributed by atoms with Gasteiger partial charge in [0.05, 0.1) is 0 Å². The van der Waals surface area contributed by atoms with Crippen LogP contribution in [0.1, 0.15) is 16.7 Å². The fourth-order valence-electron chi connectivity index (χ4n) is 1.16. The first kappa shape index (κ1) is 8.72. The molecule has 0 aliphatic rings. The maximum Gasteiger partial charge on any atom is 0.0345 e. The molecule has 62 valence electrons. The van der Waals surface area contributed by atoms with Crippen LogP contribution in [-0.2, 0) is 0 Å². The predicted octanol–water partition coefficient (Wildman–Crippen LogP) is 2.87. The van der Waals surface area contributed by atoms with Crippen molar-refractivity contribution in [3.63, 3.8) is 0 Å². The Hall–Kier alpha value is -1.37. The minimum atomic E-state index is 1.19. The largest absolute Gasteiger partial charge is 0.265 e. The molecule has 0 radical (unpaired) electrons. The summed E-state index contributed by atoms with van der Waals surface area (Å²) in [5.74, 6) is 0. The molecule has 0 aromatic heterocycles. The van der Waals surface area contributed by atoms with Crippen LogP contribution in [0.4, 0.5) is 0 Å². The van der Waals surface area contributed by atoms with E-state index in [1.54, 1.807) is 6.20 Å². The van der Waals surface area contributed by atoms with Crippen molar-refractivity contribution in [2.45, 2.75) is 13.8 Å². The minimum Gasteiger partial charge on any atom is -0.265 e. The number of aliphatic imine (C=N–C) groups is 1. The number of hydrogen-bond acceptors (Lipinski definition) is 1. The Labute approximate surface area is 73.5 Å². The van der Waals surface area contributed by atoms with Crippen molar-refractivity contribution in [1.82, 2.24) is 0 Å². The summed E-state index contributed by atoms with van der Waals surface area (Å²) < 4.78 is 0. The molecule has 0 unspecified atom stereocenters. The van der Waals surface area contributed by atoms with Gasteiger partial charge in [-0.3, -0.25) is 4.99 Å². The van der Waals surface area contributed by atoms with E-state index in [-0.39, 0.29) is 0 Å². The van der Waals surface area contributed by atoms with Crippen molar-refractivity contribution in [2.24, 2.45) is 4.99 Å². The van der Waals surface area contributed by atoms with Gasteiger partial charge in [-0.1, -0.05) is 24.8 Å². The Kier molecular flexibility index (Phi) is 2.81. The molecule has 0 N–H and O–H groups in total. The fourth-order valence-corrected chi connectivity index (χ4v) is 1.16. The zero-order valence-electron chi connectivity index (χ0n) is 7.54. The van der Waals surface area contributed by atoms with Crippen LogP contribution in [0.2, 0.25) is 0 Å². The predicted molar refractivity (Wildman–Crippen MR) is 53.7 cm³/mol. The summed E-state index contributed by atoms with van der Waals surface area (Å²) in [7, 11) is 0. The molecule has 1 heteroatoms. The van der Waals surface area contributed by atoms with E-state index in [1.807, 2.05) is 6.21 Å². The second-order valence-corrected chi connectivity index (χ2v) is 2.77. The van der Waals surface area contributed by atoms with E-state index in [0.29, 0.717) is 0 Å². The van der Waals surface area contributed by atoms with Gasteiger partial charge in [-0.15, -0.1) is 0 Å². The average molecular weight is 159 g/mol. The quantitative estimate of drug-likeness (QED) is 0.588. The van der Waals surface area contributed by atoms with Crippen LogP contribution in [0.5, 0.6) is 0 Å². The summed E-state index contributed by atoms with van der Waals surface area (Å²) in [5, 5.41) is 0. The number of benzene rings is 1. The summed E-state index contributed by atoms with van der Waals surface area (Å²) in [6, 6.07) is 6.21. The summed E-state index contributed by atoms with van der Waals surface area (Å²) in [6.45, 7) is 7.70. The van der Waals surface area contributed by atoms with Gasteiger partial charge in [0.1, 0.15) is 0 Å². The Morgan fingerprint density at radius 1 is 1.25 bits per heavy atom. The molecule has 0 saturated heterocycles. The SMILES string of the molecule is C=CN=Cc1c(C)cccc1C. The van der Waals surface area contributed by atoms with Crippen LogP contribution >= 0.6 is 0 Å². The summed E-state index contributed by atoms with van der Waals surface area (Å²) in [4.78, 5) is 4.00. The van der Waals surface area contributed by atoms with E-state index in [2.05, 4.69) is 43.6 Å². The highest BCUT2D eigenvalue weighted by Crippen LogP contribution is 2.10. The molecule has 0 aliphatic carbocycles. The van der Waals surface area contributed by atoms with Crippen LogP contribution in [0.25, 0.3) is 0 Å². The van der Waals surface area contributed by atoms with Gasteiger partial charge in [0.2, 0.25) is 0 Å². The van der Waals surface area contributed by atoms with Crippen molar-refractivity contribution in [1.29, 1.82) is 0 Å². The Morgan fingerprint density at radius 2 is 1.83 bits per heavy atom. The molecule has 0 atom stereocenters. The van der Waals surface area contributed by atoms with Crippen molar-refractivity contribution < 1.29 is 0 Å². The van der Waals surface area contributed by atoms with Crippen molar-refractivity contribution in [2.75, 3.05) is 0 Å². The van der Waals surface area contributed by atoms with Crippen molar-refractivity contribution >= 4 is 6.21 Å². The molecule has 1 aromatic rings. The average Bonchev–Trinajstić information content (AvgIpc) is 2.04. The van der Waals surface area contributed by atoms with Gasteiger partial charge in [0.15, 0.2) is 0 Å². The highest BCUT2D eigenvalue weighted by Gasteiger charge is 1.96. The molecule has 1 aromatic carbocycles. The van der Waals surface area contributed by atoms with Gasteiger partial charge >= 0.3 is 0 Å². The van der Waals surface area contributed by atoms with Crippen LogP contribution in [0.3, 0.4) is 0 Å².